The van der Waals surface area contributed by atoms with Crippen molar-refractivity contribution < 1.29 is 0 Å². The zero-order chi connectivity index (χ0) is 20.1. The van der Waals surface area contributed by atoms with Crippen molar-refractivity contribution >= 4 is 34.1 Å². The summed E-state index contributed by atoms with van der Waals surface area (Å²) in [5, 5.41) is 6.72. The van der Waals surface area contributed by atoms with E-state index >= 15 is 0 Å². The Morgan fingerprint density at radius 3 is 2.14 bits per heavy atom. The molecule has 29 heavy (non-hydrogen) atoms. The van der Waals surface area contributed by atoms with Crippen LogP contribution in [0.25, 0.3) is 33.8 Å². The quantitative estimate of drug-likeness (QED) is 0.385. The smallest absolute Gasteiger partial charge is 0.171 e. The molecule has 4 aromatic rings. The molecule has 1 aromatic carbocycles. The Labute approximate surface area is 173 Å². The second-order valence-corrected chi connectivity index (χ2v) is 6.59. The third-order valence-electron chi connectivity index (χ3n) is 4.14. The molecule has 0 aliphatic rings. The molecule has 0 spiro atoms. The van der Waals surface area contributed by atoms with E-state index in [4.69, 9.17) is 22.2 Å². The van der Waals surface area contributed by atoms with E-state index in [1.165, 1.54) is 0 Å². The van der Waals surface area contributed by atoms with Crippen molar-refractivity contribution in [3.63, 3.8) is 0 Å². The van der Waals surface area contributed by atoms with E-state index in [1.54, 1.807) is 18.5 Å². The van der Waals surface area contributed by atoms with Crippen LogP contribution in [0, 0.1) is 0 Å². The summed E-state index contributed by atoms with van der Waals surface area (Å²) in [6.45, 7) is 4.27. The summed E-state index contributed by atoms with van der Waals surface area (Å²) < 4.78 is 0. The second kappa shape index (κ2) is 8.53. The van der Waals surface area contributed by atoms with Gasteiger partial charge in [0.15, 0.2) is 5.11 Å². The standard InChI is InChI=1S/C22H18N6S/c1-2-11-25-22(29)26-15-9-10-16-19(14-15)28-21(18-8-4-6-13-24-18)20(27-16)17-7-3-5-12-23-17/h2-10,12-14H,1,11H2,(H2,25,26,29). The van der Waals surface area contributed by atoms with Crippen LogP contribution in [0.15, 0.2) is 79.6 Å². The van der Waals surface area contributed by atoms with E-state index in [1.807, 2.05) is 54.6 Å². The molecule has 0 unspecified atom stereocenters. The molecule has 0 bridgehead atoms. The van der Waals surface area contributed by atoms with Gasteiger partial charge in [0.2, 0.25) is 0 Å². The Kier molecular flexibility index (Phi) is 5.49. The van der Waals surface area contributed by atoms with Gasteiger partial charge >= 0.3 is 0 Å². The number of rotatable bonds is 5. The molecule has 0 aliphatic carbocycles. The number of hydrogen-bond donors (Lipinski definition) is 2. The number of nitrogens with zero attached hydrogens (tertiary/aromatic N) is 4. The van der Waals surface area contributed by atoms with Gasteiger partial charge in [0, 0.05) is 24.6 Å². The molecule has 0 amide bonds. The SMILES string of the molecule is C=CCNC(=S)Nc1ccc2nc(-c3ccccn3)c(-c3ccccn3)nc2c1. The predicted octanol–water partition coefficient (Wildman–Crippen LogP) is 4.23. The summed E-state index contributed by atoms with van der Waals surface area (Å²) in [6, 6.07) is 17.2. The summed E-state index contributed by atoms with van der Waals surface area (Å²) in [5.74, 6) is 0. The number of benzene rings is 1. The van der Waals surface area contributed by atoms with Crippen molar-refractivity contribution in [1.29, 1.82) is 0 Å². The molecule has 4 rings (SSSR count). The van der Waals surface area contributed by atoms with Crippen LogP contribution in [0.3, 0.4) is 0 Å². The highest BCUT2D eigenvalue weighted by Crippen LogP contribution is 2.29. The highest BCUT2D eigenvalue weighted by Gasteiger charge is 2.15. The van der Waals surface area contributed by atoms with Gasteiger partial charge in [0.25, 0.3) is 0 Å². The monoisotopic (exact) mass is 398 g/mol. The molecule has 3 heterocycles. The van der Waals surface area contributed by atoms with Crippen molar-refractivity contribution in [3.8, 4) is 22.8 Å². The van der Waals surface area contributed by atoms with Crippen LogP contribution in [-0.2, 0) is 0 Å². The Morgan fingerprint density at radius 1 is 0.897 bits per heavy atom. The van der Waals surface area contributed by atoms with Crippen LogP contribution in [0.1, 0.15) is 0 Å². The summed E-state index contributed by atoms with van der Waals surface area (Å²) in [5.41, 5.74) is 5.19. The first kappa shape index (κ1) is 18.6. The fourth-order valence-electron chi connectivity index (χ4n) is 2.84. The number of thiocarbonyl (C=S) groups is 1. The van der Waals surface area contributed by atoms with Crippen molar-refractivity contribution in [2.45, 2.75) is 0 Å². The van der Waals surface area contributed by atoms with E-state index in [0.717, 1.165) is 28.1 Å². The zero-order valence-corrected chi connectivity index (χ0v) is 16.4. The lowest BCUT2D eigenvalue weighted by atomic mass is 10.1. The van der Waals surface area contributed by atoms with Crippen LogP contribution in [0.2, 0.25) is 0 Å². The zero-order valence-electron chi connectivity index (χ0n) is 15.5. The second-order valence-electron chi connectivity index (χ2n) is 6.18. The maximum Gasteiger partial charge on any atom is 0.171 e. The van der Waals surface area contributed by atoms with Crippen LogP contribution in [0.4, 0.5) is 5.69 Å². The Morgan fingerprint density at radius 2 is 1.55 bits per heavy atom. The van der Waals surface area contributed by atoms with E-state index in [-0.39, 0.29) is 0 Å². The molecule has 0 radical (unpaired) electrons. The molecule has 0 saturated carbocycles. The van der Waals surface area contributed by atoms with Gasteiger partial charge in [-0.3, -0.25) is 9.97 Å². The number of aromatic nitrogens is 4. The van der Waals surface area contributed by atoms with Gasteiger partial charge in [-0.05, 0) is 54.7 Å². The van der Waals surface area contributed by atoms with Crippen molar-refractivity contribution in [3.05, 3.63) is 79.6 Å². The average molecular weight is 398 g/mol. The molecule has 142 valence electrons. The Balaban J connectivity index is 1.80. The van der Waals surface area contributed by atoms with E-state index in [2.05, 4.69) is 27.2 Å². The minimum atomic E-state index is 0.521. The topological polar surface area (TPSA) is 75.6 Å². The van der Waals surface area contributed by atoms with E-state index in [9.17, 15) is 0 Å². The summed E-state index contributed by atoms with van der Waals surface area (Å²) in [7, 11) is 0. The van der Waals surface area contributed by atoms with E-state index < -0.39 is 0 Å². The number of hydrogen-bond acceptors (Lipinski definition) is 5. The molecular formula is C22H18N6S. The van der Waals surface area contributed by atoms with Crippen LogP contribution >= 0.6 is 12.2 Å². The summed E-state index contributed by atoms with van der Waals surface area (Å²) >= 11 is 5.29. The van der Waals surface area contributed by atoms with Gasteiger partial charge in [-0.1, -0.05) is 18.2 Å². The lowest BCUT2D eigenvalue weighted by molar-refractivity contribution is 1.06. The third-order valence-corrected chi connectivity index (χ3v) is 4.39. The lowest BCUT2D eigenvalue weighted by Crippen LogP contribution is -2.28. The number of fused-ring (bicyclic) bond motifs is 1. The fourth-order valence-corrected chi connectivity index (χ4v) is 3.04. The molecule has 0 atom stereocenters. The first-order chi connectivity index (χ1) is 14.2. The molecule has 0 fully saturated rings. The largest absolute Gasteiger partial charge is 0.359 e. The van der Waals surface area contributed by atoms with Gasteiger partial charge in [-0.25, -0.2) is 9.97 Å². The Hall–Kier alpha value is -3.71. The highest BCUT2D eigenvalue weighted by atomic mass is 32.1. The van der Waals surface area contributed by atoms with Crippen molar-refractivity contribution in [2.24, 2.45) is 0 Å². The van der Waals surface area contributed by atoms with Gasteiger partial charge in [-0.15, -0.1) is 6.58 Å². The highest BCUT2D eigenvalue weighted by molar-refractivity contribution is 7.80. The third kappa shape index (κ3) is 4.25. The summed E-state index contributed by atoms with van der Waals surface area (Å²) in [4.78, 5) is 18.6. The van der Waals surface area contributed by atoms with E-state index in [0.29, 0.717) is 23.0 Å². The molecule has 0 saturated heterocycles. The fraction of sp³-hybridized carbons (Fsp3) is 0.0455. The number of pyridine rings is 2. The van der Waals surface area contributed by atoms with Gasteiger partial charge in [-0.2, -0.15) is 0 Å². The maximum atomic E-state index is 5.29. The minimum Gasteiger partial charge on any atom is -0.359 e. The van der Waals surface area contributed by atoms with Crippen molar-refractivity contribution in [2.75, 3.05) is 11.9 Å². The minimum absolute atomic E-state index is 0.521. The molecule has 0 aliphatic heterocycles. The van der Waals surface area contributed by atoms with Gasteiger partial charge in [0.05, 0.1) is 22.4 Å². The molecular weight excluding hydrogens is 380 g/mol. The normalized spacial score (nSPS) is 10.5. The molecule has 3 aromatic heterocycles. The van der Waals surface area contributed by atoms with Crippen LogP contribution in [-0.4, -0.2) is 31.6 Å². The Bertz CT molecular complexity index is 1160. The lowest BCUT2D eigenvalue weighted by Gasteiger charge is -2.12. The first-order valence-corrected chi connectivity index (χ1v) is 9.46. The average Bonchev–Trinajstić information content (AvgIpc) is 2.78. The van der Waals surface area contributed by atoms with Gasteiger partial charge in [0.1, 0.15) is 11.4 Å². The summed E-state index contributed by atoms with van der Waals surface area (Å²) in [6.07, 6.45) is 5.23. The molecule has 2 N–H and O–H groups in total. The van der Waals surface area contributed by atoms with Crippen LogP contribution < -0.4 is 10.6 Å². The number of anilines is 1. The first-order valence-electron chi connectivity index (χ1n) is 9.05. The molecule has 7 heteroatoms. The maximum absolute atomic E-state index is 5.29. The van der Waals surface area contributed by atoms with Crippen molar-refractivity contribution in [1.82, 2.24) is 25.3 Å². The van der Waals surface area contributed by atoms with Gasteiger partial charge < -0.3 is 10.6 Å². The van der Waals surface area contributed by atoms with Crippen LogP contribution in [0.5, 0.6) is 0 Å². The number of nitrogens with one attached hydrogen (secondary N) is 2. The predicted molar refractivity (Wildman–Crippen MR) is 120 cm³/mol. The molecule has 6 nitrogen and oxygen atoms in total.